The standard InChI is InChI=1S/C16H26BrN3O3/c1-11(22-5)14-13(17)10-20(18-14)12-6-8-19(9-7-12)15(21)23-16(2,3)4/h10-12H,6-9H2,1-5H3/t11-/m0/s1. The lowest BCUT2D eigenvalue weighted by Gasteiger charge is -2.33. The predicted octanol–water partition coefficient (Wildman–Crippen LogP) is 3.93. The molecule has 0 unspecified atom stereocenters. The first-order chi connectivity index (χ1) is 10.7. The third-order valence-electron chi connectivity index (χ3n) is 3.94. The number of methoxy groups -OCH3 is 1. The van der Waals surface area contributed by atoms with Gasteiger partial charge in [-0.3, -0.25) is 4.68 Å². The Morgan fingerprint density at radius 1 is 1.39 bits per heavy atom. The molecule has 7 heteroatoms. The summed E-state index contributed by atoms with van der Waals surface area (Å²) in [6, 6.07) is 0.294. The molecular weight excluding hydrogens is 362 g/mol. The first-order valence-electron chi connectivity index (χ1n) is 7.96. The molecule has 1 fully saturated rings. The van der Waals surface area contributed by atoms with Crippen LogP contribution in [0.3, 0.4) is 0 Å². The van der Waals surface area contributed by atoms with Crippen molar-refractivity contribution in [2.75, 3.05) is 20.2 Å². The average Bonchev–Trinajstić information content (AvgIpc) is 2.87. The molecule has 130 valence electrons. The molecule has 2 rings (SSSR count). The van der Waals surface area contributed by atoms with E-state index in [-0.39, 0.29) is 12.2 Å². The van der Waals surface area contributed by atoms with Crippen LogP contribution >= 0.6 is 15.9 Å². The molecule has 0 saturated carbocycles. The van der Waals surface area contributed by atoms with E-state index in [1.165, 1.54) is 0 Å². The van der Waals surface area contributed by atoms with Crippen molar-refractivity contribution in [3.63, 3.8) is 0 Å². The van der Waals surface area contributed by atoms with Crippen molar-refractivity contribution in [3.8, 4) is 0 Å². The topological polar surface area (TPSA) is 56.6 Å². The number of carbonyl (C=O) groups is 1. The van der Waals surface area contributed by atoms with Crippen molar-refractivity contribution in [2.24, 2.45) is 0 Å². The smallest absolute Gasteiger partial charge is 0.410 e. The highest BCUT2D eigenvalue weighted by Crippen LogP contribution is 2.29. The van der Waals surface area contributed by atoms with E-state index in [0.717, 1.165) is 23.0 Å². The Hall–Kier alpha value is -1.08. The van der Waals surface area contributed by atoms with E-state index in [9.17, 15) is 4.79 Å². The predicted molar refractivity (Wildman–Crippen MR) is 91.4 cm³/mol. The highest BCUT2D eigenvalue weighted by Gasteiger charge is 2.28. The van der Waals surface area contributed by atoms with E-state index in [1.807, 2.05) is 38.6 Å². The van der Waals surface area contributed by atoms with E-state index in [1.54, 1.807) is 12.0 Å². The van der Waals surface area contributed by atoms with Crippen LogP contribution < -0.4 is 0 Å². The number of hydrogen-bond donors (Lipinski definition) is 0. The van der Waals surface area contributed by atoms with Gasteiger partial charge in [0.15, 0.2) is 0 Å². The second kappa shape index (κ2) is 7.21. The lowest BCUT2D eigenvalue weighted by Crippen LogP contribution is -2.42. The van der Waals surface area contributed by atoms with Gasteiger partial charge in [0.1, 0.15) is 11.3 Å². The molecule has 1 aromatic heterocycles. The Labute approximate surface area is 146 Å². The zero-order valence-corrected chi connectivity index (χ0v) is 16.1. The Bertz CT molecular complexity index is 545. The molecule has 0 bridgehead atoms. The van der Waals surface area contributed by atoms with E-state index < -0.39 is 5.60 Å². The molecule has 0 aliphatic carbocycles. The maximum absolute atomic E-state index is 12.1. The van der Waals surface area contributed by atoms with Crippen LogP contribution in [0.15, 0.2) is 10.7 Å². The third kappa shape index (κ3) is 4.70. The van der Waals surface area contributed by atoms with Crippen molar-refractivity contribution in [1.82, 2.24) is 14.7 Å². The number of carbonyl (C=O) groups excluding carboxylic acids is 1. The van der Waals surface area contributed by atoms with Crippen molar-refractivity contribution in [2.45, 2.75) is 58.3 Å². The molecule has 1 amide bonds. The third-order valence-corrected chi connectivity index (χ3v) is 4.55. The molecule has 0 N–H and O–H groups in total. The first kappa shape index (κ1) is 18.3. The molecule has 2 heterocycles. The van der Waals surface area contributed by atoms with Gasteiger partial charge in [-0.2, -0.15) is 5.10 Å². The summed E-state index contributed by atoms with van der Waals surface area (Å²) < 4.78 is 13.7. The second-order valence-corrected chi connectivity index (χ2v) is 7.77. The van der Waals surface area contributed by atoms with Crippen molar-refractivity contribution < 1.29 is 14.3 Å². The number of halogens is 1. The van der Waals surface area contributed by atoms with Gasteiger partial charge in [-0.05, 0) is 56.5 Å². The van der Waals surface area contributed by atoms with Gasteiger partial charge in [-0.1, -0.05) is 0 Å². The molecule has 1 aromatic rings. The summed E-state index contributed by atoms with van der Waals surface area (Å²) in [6.45, 7) is 9.01. The largest absolute Gasteiger partial charge is 0.444 e. The Morgan fingerprint density at radius 3 is 2.52 bits per heavy atom. The zero-order chi connectivity index (χ0) is 17.2. The number of likely N-dealkylation sites (tertiary alicyclic amines) is 1. The first-order valence-corrected chi connectivity index (χ1v) is 8.76. The van der Waals surface area contributed by atoms with Crippen molar-refractivity contribution >= 4 is 22.0 Å². The molecule has 0 aromatic carbocycles. The highest BCUT2D eigenvalue weighted by molar-refractivity contribution is 9.10. The maximum Gasteiger partial charge on any atom is 0.410 e. The SMILES string of the molecule is CO[C@@H](C)c1nn(C2CCN(C(=O)OC(C)(C)C)CC2)cc1Br. The molecule has 1 atom stereocenters. The minimum Gasteiger partial charge on any atom is -0.444 e. The second-order valence-electron chi connectivity index (χ2n) is 6.92. The van der Waals surface area contributed by atoms with Crippen LogP contribution in [0.2, 0.25) is 0 Å². The van der Waals surface area contributed by atoms with Gasteiger partial charge in [0.2, 0.25) is 0 Å². The summed E-state index contributed by atoms with van der Waals surface area (Å²) in [4.78, 5) is 13.9. The van der Waals surface area contributed by atoms with Gasteiger partial charge in [0.05, 0.1) is 16.6 Å². The number of piperidine rings is 1. The molecule has 1 aliphatic rings. The molecule has 6 nitrogen and oxygen atoms in total. The van der Waals surface area contributed by atoms with Crippen molar-refractivity contribution in [3.05, 3.63) is 16.4 Å². The van der Waals surface area contributed by atoms with E-state index in [2.05, 4.69) is 21.0 Å². The van der Waals surface area contributed by atoms with Gasteiger partial charge in [0, 0.05) is 26.4 Å². The number of aromatic nitrogens is 2. The number of ether oxygens (including phenoxy) is 2. The van der Waals surface area contributed by atoms with Gasteiger partial charge < -0.3 is 14.4 Å². The van der Waals surface area contributed by atoms with E-state index >= 15 is 0 Å². The zero-order valence-electron chi connectivity index (χ0n) is 14.5. The number of hydrogen-bond acceptors (Lipinski definition) is 4. The number of nitrogens with zero attached hydrogens (tertiary/aromatic N) is 3. The average molecular weight is 388 g/mol. The molecule has 0 spiro atoms. The lowest BCUT2D eigenvalue weighted by molar-refractivity contribution is 0.0184. The summed E-state index contributed by atoms with van der Waals surface area (Å²) in [5.41, 5.74) is 0.452. The summed E-state index contributed by atoms with van der Waals surface area (Å²) in [5.74, 6) is 0. The molecule has 1 aliphatic heterocycles. The number of amides is 1. The summed E-state index contributed by atoms with van der Waals surface area (Å²) >= 11 is 3.55. The van der Waals surface area contributed by atoms with Crippen molar-refractivity contribution in [1.29, 1.82) is 0 Å². The van der Waals surface area contributed by atoms with Gasteiger partial charge in [0.25, 0.3) is 0 Å². The minimum absolute atomic E-state index is 0.0486. The fourth-order valence-electron chi connectivity index (χ4n) is 2.60. The van der Waals surface area contributed by atoms with Gasteiger partial charge in [-0.25, -0.2) is 4.79 Å². The summed E-state index contributed by atoms with van der Waals surface area (Å²) in [5, 5.41) is 4.64. The van der Waals surface area contributed by atoms with Gasteiger partial charge in [-0.15, -0.1) is 0 Å². The van der Waals surface area contributed by atoms with Crippen LogP contribution in [-0.4, -0.2) is 46.6 Å². The van der Waals surface area contributed by atoms with E-state index in [0.29, 0.717) is 19.1 Å². The fourth-order valence-corrected chi connectivity index (χ4v) is 3.21. The maximum atomic E-state index is 12.1. The van der Waals surface area contributed by atoms with Crippen LogP contribution in [-0.2, 0) is 9.47 Å². The van der Waals surface area contributed by atoms with Crippen LogP contribution in [0.5, 0.6) is 0 Å². The van der Waals surface area contributed by atoms with Gasteiger partial charge >= 0.3 is 6.09 Å². The Kier molecular flexibility index (Phi) is 5.73. The summed E-state index contributed by atoms with van der Waals surface area (Å²) in [6.07, 6.45) is 3.46. The van der Waals surface area contributed by atoms with Crippen LogP contribution in [0.25, 0.3) is 0 Å². The number of rotatable bonds is 3. The van der Waals surface area contributed by atoms with Crippen LogP contribution in [0.4, 0.5) is 4.79 Å². The lowest BCUT2D eigenvalue weighted by atomic mass is 10.1. The Balaban J connectivity index is 1.96. The van der Waals surface area contributed by atoms with Crippen LogP contribution in [0, 0.1) is 0 Å². The fraction of sp³-hybridized carbons (Fsp3) is 0.750. The highest BCUT2D eigenvalue weighted by atomic mass is 79.9. The molecule has 1 saturated heterocycles. The van der Waals surface area contributed by atoms with E-state index in [4.69, 9.17) is 9.47 Å². The molecular formula is C16H26BrN3O3. The molecule has 23 heavy (non-hydrogen) atoms. The quantitative estimate of drug-likeness (QED) is 0.788. The summed E-state index contributed by atoms with van der Waals surface area (Å²) in [7, 11) is 1.68. The van der Waals surface area contributed by atoms with Crippen LogP contribution in [0.1, 0.15) is 58.4 Å². The monoisotopic (exact) mass is 387 g/mol. The Morgan fingerprint density at radius 2 is 2.00 bits per heavy atom. The molecule has 0 radical (unpaired) electrons. The normalized spacial score (nSPS) is 18.1. The minimum atomic E-state index is -0.452.